The molecule has 2 aliphatic heterocycles. The highest BCUT2D eigenvalue weighted by atomic mass is 32.2. The zero-order chi connectivity index (χ0) is 13.1. The molecule has 0 bridgehead atoms. The van der Waals surface area contributed by atoms with E-state index in [2.05, 4.69) is 22.1 Å². The lowest BCUT2D eigenvalue weighted by Gasteiger charge is -2.28. The smallest absolute Gasteiger partial charge is 0.183 e. The molecule has 6 nitrogen and oxygen atoms in total. The van der Waals surface area contributed by atoms with Gasteiger partial charge in [-0.3, -0.25) is 0 Å². The molecule has 0 aliphatic carbocycles. The maximum Gasteiger partial charge on any atom is 0.183 e. The van der Waals surface area contributed by atoms with E-state index in [1.54, 1.807) is 0 Å². The fraction of sp³-hybridized carbons (Fsp3) is 0.600. The minimum Gasteiger partial charge on any atom is -0.234 e. The first-order valence-electron chi connectivity index (χ1n) is 5.42. The molecule has 18 heavy (non-hydrogen) atoms. The second-order valence-corrected chi connectivity index (χ2v) is 5.55. The van der Waals surface area contributed by atoms with Gasteiger partial charge in [0.2, 0.25) is 0 Å². The summed E-state index contributed by atoms with van der Waals surface area (Å²) in [7, 11) is 0. The van der Waals surface area contributed by atoms with Crippen LogP contribution in [0.25, 0.3) is 0 Å². The standard InChI is InChI=1S/C10H12N6S2/c1-7-13-9(17-5-3-11)16-8(2)14-10(15(7)16)18-6-4-12/h7-8H,5-6H2,1-2H3. The molecule has 0 amide bonds. The third kappa shape index (κ3) is 2.26. The SMILES string of the molecule is CC1N=C(SCC#N)N2C(C)N=C(SCC#N)N12. The van der Waals surface area contributed by atoms with Crippen molar-refractivity contribution < 1.29 is 0 Å². The molecule has 2 atom stereocenters. The Morgan fingerprint density at radius 2 is 1.39 bits per heavy atom. The van der Waals surface area contributed by atoms with E-state index >= 15 is 0 Å². The lowest BCUT2D eigenvalue weighted by Crippen LogP contribution is -2.44. The van der Waals surface area contributed by atoms with Gasteiger partial charge < -0.3 is 0 Å². The van der Waals surface area contributed by atoms with Crippen LogP contribution in [0.15, 0.2) is 9.98 Å². The molecule has 0 aromatic carbocycles. The molecule has 94 valence electrons. The molecule has 0 saturated heterocycles. The van der Waals surface area contributed by atoms with Gasteiger partial charge in [-0.1, -0.05) is 23.5 Å². The molecular weight excluding hydrogens is 268 g/mol. The van der Waals surface area contributed by atoms with Gasteiger partial charge in [0.25, 0.3) is 0 Å². The van der Waals surface area contributed by atoms with E-state index in [-0.39, 0.29) is 12.3 Å². The average molecular weight is 280 g/mol. The molecule has 0 saturated carbocycles. The minimum atomic E-state index is -0.0268. The number of hydrogen-bond acceptors (Lipinski definition) is 8. The minimum absolute atomic E-state index is 0.0268. The number of fused-ring (bicyclic) bond motifs is 1. The summed E-state index contributed by atoms with van der Waals surface area (Å²) >= 11 is 2.84. The normalized spacial score (nSPS) is 25.3. The summed E-state index contributed by atoms with van der Waals surface area (Å²) in [6.45, 7) is 3.96. The predicted octanol–water partition coefficient (Wildman–Crippen LogP) is 1.45. The van der Waals surface area contributed by atoms with E-state index in [1.807, 2.05) is 23.9 Å². The van der Waals surface area contributed by atoms with Crippen LogP contribution >= 0.6 is 23.5 Å². The molecule has 0 spiro atoms. The molecule has 0 radical (unpaired) electrons. The monoisotopic (exact) mass is 280 g/mol. The quantitative estimate of drug-likeness (QED) is 0.761. The third-order valence-corrected chi connectivity index (χ3v) is 4.11. The fourth-order valence-electron chi connectivity index (χ4n) is 1.81. The van der Waals surface area contributed by atoms with Crippen molar-refractivity contribution in [2.24, 2.45) is 9.98 Å². The van der Waals surface area contributed by atoms with Gasteiger partial charge in [0.05, 0.1) is 23.6 Å². The maximum atomic E-state index is 8.64. The van der Waals surface area contributed by atoms with E-state index in [0.717, 1.165) is 10.3 Å². The van der Waals surface area contributed by atoms with Crippen LogP contribution in [0.4, 0.5) is 0 Å². The highest BCUT2D eigenvalue weighted by Gasteiger charge is 2.41. The predicted molar refractivity (Wildman–Crippen MR) is 73.6 cm³/mol. The van der Waals surface area contributed by atoms with Crippen molar-refractivity contribution in [1.29, 1.82) is 10.5 Å². The lowest BCUT2D eigenvalue weighted by atomic mass is 10.6. The number of thioether (sulfide) groups is 2. The number of rotatable bonds is 2. The maximum absolute atomic E-state index is 8.64. The summed E-state index contributed by atoms with van der Waals surface area (Å²) in [5, 5.41) is 22.9. The Labute approximate surface area is 114 Å². The number of hydrazine groups is 1. The van der Waals surface area contributed by atoms with Crippen molar-refractivity contribution in [3.8, 4) is 12.1 Å². The number of hydrogen-bond donors (Lipinski definition) is 0. The Morgan fingerprint density at radius 3 is 1.72 bits per heavy atom. The molecule has 0 aromatic rings. The van der Waals surface area contributed by atoms with Crippen LogP contribution in [0.5, 0.6) is 0 Å². The second kappa shape index (κ2) is 5.51. The van der Waals surface area contributed by atoms with Crippen LogP contribution in [0.1, 0.15) is 13.8 Å². The van der Waals surface area contributed by atoms with Crippen molar-refractivity contribution in [2.45, 2.75) is 26.2 Å². The molecule has 0 N–H and O–H groups in total. The Balaban J connectivity index is 2.12. The zero-order valence-corrected chi connectivity index (χ0v) is 11.7. The van der Waals surface area contributed by atoms with Gasteiger partial charge in [-0.15, -0.1) is 0 Å². The van der Waals surface area contributed by atoms with Crippen LogP contribution in [0.3, 0.4) is 0 Å². The van der Waals surface area contributed by atoms with Crippen LogP contribution in [0.2, 0.25) is 0 Å². The van der Waals surface area contributed by atoms with Crippen LogP contribution in [-0.4, -0.2) is 44.2 Å². The van der Waals surface area contributed by atoms with Crippen molar-refractivity contribution in [1.82, 2.24) is 10.0 Å². The number of amidine groups is 2. The molecule has 0 fully saturated rings. The Hall–Kier alpha value is -1.38. The Morgan fingerprint density at radius 1 is 1.00 bits per heavy atom. The fourth-order valence-corrected chi connectivity index (χ4v) is 3.40. The average Bonchev–Trinajstić information content (AvgIpc) is 2.85. The van der Waals surface area contributed by atoms with Gasteiger partial charge in [0.1, 0.15) is 12.3 Å². The van der Waals surface area contributed by atoms with Crippen LogP contribution in [0, 0.1) is 22.7 Å². The molecule has 2 aliphatic rings. The lowest BCUT2D eigenvalue weighted by molar-refractivity contribution is 0.119. The van der Waals surface area contributed by atoms with E-state index in [4.69, 9.17) is 10.5 Å². The molecule has 0 aromatic heterocycles. The van der Waals surface area contributed by atoms with Gasteiger partial charge in [0.15, 0.2) is 10.3 Å². The summed E-state index contributed by atoms with van der Waals surface area (Å²) in [6, 6.07) is 4.20. The Bertz CT molecular complexity index is 430. The summed E-state index contributed by atoms with van der Waals surface area (Å²) in [6.07, 6.45) is -0.0535. The molecule has 2 unspecified atom stereocenters. The molecule has 8 heteroatoms. The van der Waals surface area contributed by atoms with Gasteiger partial charge >= 0.3 is 0 Å². The van der Waals surface area contributed by atoms with E-state index in [1.165, 1.54) is 23.5 Å². The van der Waals surface area contributed by atoms with Gasteiger partial charge in [-0.25, -0.2) is 20.0 Å². The summed E-state index contributed by atoms with van der Waals surface area (Å²) in [4.78, 5) is 9.05. The first-order valence-corrected chi connectivity index (χ1v) is 7.39. The van der Waals surface area contributed by atoms with Crippen molar-refractivity contribution in [2.75, 3.05) is 11.5 Å². The second-order valence-electron chi connectivity index (χ2n) is 3.67. The molecular formula is C10H12N6S2. The van der Waals surface area contributed by atoms with Crippen LogP contribution in [-0.2, 0) is 0 Å². The zero-order valence-electron chi connectivity index (χ0n) is 10.1. The first kappa shape index (κ1) is 13.1. The highest BCUT2D eigenvalue weighted by molar-refractivity contribution is 8.14. The largest absolute Gasteiger partial charge is 0.234 e. The molecule has 2 heterocycles. The third-order valence-electron chi connectivity index (χ3n) is 2.46. The van der Waals surface area contributed by atoms with Crippen molar-refractivity contribution in [3.63, 3.8) is 0 Å². The van der Waals surface area contributed by atoms with Crippen molar-refractivity contribution in [3.05, 3.63) is 0 Å². The number of aliphatic imine (C=N–C) groups is 2. The van der Waals surface area contributed by atoms with Gasteiger partial charge in [0, 0.05) is 0 Å². The topological polar surface area (TPSA) is 78.8 Å². The van der Waals surface area contributed by atoms with Crippen molar-refractivity contribution >= 4 is 33.9 Å². The first-order chi connectivity index (χ1) is 8.69. The van der Waals surface area contributed by atoms with E-state index < -0.39 is 0 Å². The van der Waals surface area contributed by atoms with Gasteiger partial charge in [-0.2, -0.15) is 10.5 Å². The summed E-state index contributed by atoms with van der Waals surface area (Å²) < 4.78 is 0. The highest BCUT2D eigenvalue weighted by Crippen LogP contribution is 2.33. The number of nitriles is 2. The van der Waals surface area contributed by atoms with Crippen LogP contribution < -0.4 is 0 Å². The summed E-state index contributed by atoms with van der Waals surface area (Å²) in [5.41, 5.74) is 0. The Kier molecular flexibility index (Phi) is 4.00. The molecule has 2 rings (SSSR count). The number of nitrogens with zero attached hydrogens (tertiary/aromatic N) is 6. The summed E-state index contributed by atoms with van der Waals surface area (Å²) in [5.74, 6) is 0.757. The van der Waals surface area contributed by atoms with Gasteiger partial charge in [-0.05, 0) is 13.8 Å². The van der Waals surface area contributed by atoms with E-state index in [9.17, 15) is 0 Å². The van der Waals surface area contributed by atoms with E-state index in [0.29, 0.717) is 11.5 Å².